The van der Waals surface area contributed by atoms with Crippen molar-refractivity contribution in [2.24, 2.45) is 0 Å². The van der Waals surface area contributed by atoms with Crippen molar-refractivity contribution in [1.82, 2.24) is 10.2 Å². The molecule has 0 radical (unpaired) electrons. The van der Waals surface area contributed by atoms with Gasteiger partial charge in [-0.2, -0.15) is 13.9 Å². The second-order valence-corrected chi connectivity index (χ2v) is 5.87. The number of carbonyl (C=O) groups excluding carboxylic acids is 1. The van der Waals surface area contributed by atoms with Crippen molar-refractivity contribution in [2.45, 2.75) is 6.61 Å². The van der Waals surface area contributed by atoms with Gasteiger partial charge in [0.2, 0.25) is 0 Å². The SMILES string of the molecule is O=C(Nc1ccc(OC(F)F)cc1)c1cn[nH]c1-c1ccc2c(c1)OCCO2. The fourth-order valence-electron chi connectivity index (χ4n) is 2.80. The number of amides is 1. The summed E-state index contributed by atoms with van der Waals surface area (Å²) < 4.78 is 39.8. The molecular formula is C19H15F2N3O4. The maximum Gasteiger partial charge on any atom is 0.387 e. The summed E-state index contributed by atoms with van der Waals surface area (Å²) in [5, 5.41) is 9.47. The summed E-state index contributed by atoms with van der Waals surface area (Å²) in [4.78, 5) is 12.6. The standard InChI is InChI=1S/C19H15F2N3O4/c20-19(21)28-13-4-2-12(3-5-13)23-18(25)14-10-22-24-17(14)11-1-6-15-16(9-11)27-8-7-26-15/h1-6,9-10,19H,7-8H2,(H,22,24)(H,23,25). The van der Waals surface area contributed by atoms with Gasteiger partial charge < -0.3 is 19.5 Å². The Kier molecular flexibility index (Phi) is 4.79. The van der Waals surface area contributed by atoms with Crippen molar-refractivity contribution in [2.75, 3.05) is 18.5 Å². The number of nitrogens with zero attached hydrogens (tertiary/aromatic N) is 1. The van der Waals surface area contributed by atoms with Crippen LogP contribution in [0.3, 0.4) is 0 Å². The normalized spacial score (nSPS) is 12.7. The molecule has 0 bridgehead atoms. The first-order valence-electron chi connectivity index (χ1n) is 8.40. The van der Waals surface area contributed by atoms with Crippen LogP contribution in [0.15, 0.2) is 48.7 Å². The van der Waals surface area contributed by atoms with Crippen LogP contribution in [0.4, 0.5) is 14.5 Å². The van der Waals surface area contributed by atoms with Crippen LogP contribution in [0.25, 0.3) is 11.3 Å². The second-order valence-electron chi connectivity index (χ2n) is 5.87. The minimum atomic E-state index is -2.90. The average Bonchev–Trinajstić information content (AvgIpc) is 3.19. The summed E-state index contributed by atoms with van der Waals surface area (Å²) in [6.45, 7) is -1.96. The number of carbonyl (C=O) groups is 1. The van der Waals surface area contributed by atoms with Crippen LogP contribution in [0, 0.1) is 0 Å². The fourth-order valence-corrected chi connectivity index (χ4v) is 2.80. The topological polar surface area (TPSA) is 85.5 Å². The number of benzene rings is 2. The van der Waals surface area contributed by atoms with Gasteiger partial charge >= 0.3 is 6.61 Å². The maximum atomic E-state index is 12.6. The Morgan fingerprint density at radius 1 is 1.11 bits per heavy atom. The molecule has 2 heterocycles. The molecule has 0 unspecified atom stereocenters. The van der Waals surface area contributed by atoms with Crippen LogP contribution in [0.1, 0.15) is 10.4 Å². The molecule has 0 spiro atoms. The van der Waals surface area contributed by atoms with E-state index in [4.69, 9.17) is 9.47 Å². The monoisotopic (exact) mass is 387 g/mol. The number of aromatic amines is 1. The highest BCUT2D eigenvalue weighted by Crippen LogP contribution is 2.35. The Bertz CT molecular complexity index is 989. The molecule has 28 heavy (non-hydrogen) atoms. The lowest BCUT2D eigenvalue weighted by Gasteiger charge is -2.18. The zero-order valence-electron chi connectivity index (χ0n) is 14.4. The van der Waals surface area contributed by atoms with Gasteiger partial charge in [-0.25, -0.2) is 0 Å². The fraction of sp³-hybridized carbons (Fsp3) is 0.158. The van der Waals surface area contributed by atoms with Crippen LogP contribution in [0.5, 0.6) is 17.2 Å². The zero-order valence-corrected chi connectivity index (χ0v) is 14.4. The quantitative estimate of drug-likeness (QED) is 0.697. The molecule has 1 aliphatic heterocycles. The van der Waals surface area contributed by atoms with Crippen LogP contribution in [-0.4, -0.2) is 35.9 Å². The van der Waals surface area contributed by atoms with Gasteiger partial charge in [-0.15, -0.1) is 0 Å². The number of hydrogen-bond acceptors (Lipinski definition) is 5. The highest BCUT2D eigenvalue weighted by molar-refractivity contribution is 6.08. The molecule has 144 valence electrons. The first-order chi connectivity index (χ1) is 13.6. The lowest BCUT2D eigenvalue weighted by molar-refractivity contribution is -0.0498. The first-order valence-corrected chi connectivity index (χ1v) is 8.40. The highest BCUT2D eigenvalue weighted by atomic mass is 19.3. The number of halogens is 2. The Hall–Kier alpha value is -3.62. The molecular weight excluding hydrogens is 372 g/mol. The Balaban J connectivity index is 1.53. The van der Waals surface area contributed by atoms with E-state index in [-0.39, 0.29) is 5.75 Å². The molecule has 0 saturated carbocycles. The van der Waals surface area contributed by atoms with Crippen molar-refractivity contribution in [3.05, 3.63) is 54.2 Å². The third-order valence-electron chi connectivity index (χ3n) is 4.05. The summed E-state index contributed by atoms with van der Waals surface area (Å²) in [6, 6.07) is 11.0. The Morgan fingerprint density at radius 3 is 2.61 bits per heavy atom. The molecule has 0 saturated heterocycles. The van der Waals surface area contributed by atoms with E-state index in [9.17, 15) is 13.6 Å². The molecule has 1 amide bonds. The van der Waals surface area contributed by atoms with Gasteiger partial charge in [0, 0.05) is 11.3 Å². The molecule has 0 aliphatic carbocycles. The van der Waals surface area contributed by atoms with Crippen molar-refractivity contribution in [1.29, 1.82) is 0 Å². The molecule has 1 aliphatic rings. The summed E-state index contributed by atoms with van der Waals surface area (Å²) in [5.41, 5.74) is 1.99. The van der Waals surface area contributed by atoms with Gasteiger partial charge in [0.1, 0.15) is 19.0 Å². The van der Waals surface area contributed by atoms with E-state index in [0.29, 0.717) is 47.2 Å². The number of alkyl halides is 2. The largest absolute Gasteiger partial charge is 0.486 e. The van der Waals surface area contributed by atoms with E-state index >= 15 is 0 Å². The van der Waals surface area contributed by atoms with Crippen molar-refractivity contribution in [3.8, 4) is 28.5 Å². The lowest BCUT2D eigenvalue weighted by atomic mass is 10.1. The van der Waals surface area contributed by atoms with Crippen LogP contribution < -0.4 is 19.5 Å². The number of ether oxygens (including phenoxy) is 3. The lowest BCUT2D eigenvalue weighted by Crippen LogP contribution is -2.15. The molecule has 1 aromatic heterocycles. The summed E-state index contributed by atoms with van der Waals surface area (Å²) >= 11 is 0. The van der Waals surface area contributed by atoms with Gasteiger partial charge in [-0.05, 0) is 42.5 Å². The number of fused-ring (bicyclic) bond motifs is 1. The van der Waals surface area contributed by atoms with E-state index < -0.39 is 12.5 Å². The Labute approximate surface area is 158 Å². The first kappa shape index (κ1) is 17.8. The van der Waals surface area contributed by atoms with E-state index in [2.05, 4.69) is 20.3 Å². The molecule has 2 aromatic carbocycles. The van der Waals surface area contributed by atoms with Crippen LogP contribution in [0.2, 0.25) is 0 Å². The zero-order chi connectivity index (χ0) is 19.5. The number of nitrogens with one attached hydrogen (secondary N) is 2. The summed E-state index contributed by atoms with van der Waals surface area (Å²) in [6.07, 6.45) is 1.41. The van der Waals surface area contributed by atoms with Gasteiger partial charge in [0.15, 0.2) is 11.5 Å². The van der Waals surface area contributed by atoms with Crippen molar-refractivity contribution < 1.29 is 27.8 Å². The minimum absolute atomic E-state index is 0.00766. The molecule has 2 N–H and O–H groups in total. The van der Waals surface area contributed by atoms with Gasteiger partial charge in [0.05, 0.1) is 17.5 Å². The number of H-pyrrole nitrogens is 1. The van der Waals surface area contributed by atoms with Gasteiger partial charge in [0.25, 0.3) is 5.91 Å². The molecule has 0 fully saturated rings. The number of aromatic nitrogens is 2. The van der Waals surface area contributed by atoms with E-state index in [1.165, 1.54) is 30.5 Å². The average molecular weight is 387 g/mol. The van der Waals surface area contributed by atoms with Crippen molar-refractivity contribution in [3.63, 3.8) is 0 Å². The molecule has 0 atom stereocenters. The third kappa shape index (κ3) is 3.73. The van der Waals surface area contributed by atoms with Crippen LogP contribution in [-0.2, 0) is 0 Å². The highest BCUT2D eigenvalue weighted by Gasteiger charge is 2.19. The van der Waals surface area contributed by atoms with E-state index in [0.717, 1.165) is 0 Å². The third-order valence-corrected chi connectivity index (χ3v) is 4.05. The van der Waals surface area contributed by atoms with E-state index in [1.807, 2.05) is 0 Å². The van der Waals surface area contributed by atoms with Crippen molar-refractivity contribution >= 4 is 11.6 Å². The van der Waals surface area contributed by atoms with Crippen LogP contribution >= 0.6 is 0 Å². The summed E-state index contributed by atoms with van der Waals surface area (Å²) in [7, 11) is 0. The van der Waals surface area contributed by atoms with E-state index in [1.54, 1.807) is 18.2 Å². The predicted octanol–water partition coefficient (Wildman–Crippen LogP) is 3.70. The maximum absolute atomic E-state index is 12.6. The molecule has 7 nitrogen and oxygen atoms in total. The summed E-state index contributed by atoms with van der Waals surface area (Å²) in [5.74, 6) is 0.848. The molecule has 3 aromatic rings. The number of hydrogen-bond donors (Lipinski definition) is 2. The number of anilines is 1. The van der Waals surface area contributed by atoms with Gasteiger partial charge in [-0.3, -0.25) is 9.89 Å². The Morgan fingerprint density at radius 2 is 1.86 bits per heavy atom. The minimum Gasteiger partial charge on any atom is -0.486 e. The molecule has 9 heteroatoms. The number of rotatable bonds is 5. The molecule has 4 rings (SSSR count). The predicted molar refractivity (Wildman–Crippen MR) is 96.0 cm³/mol. The smallest absolute Gasteiger partial charge is 0.387 e. The van der Waals surface area contributed by atoms with Gasteiger partial charge in [-0.1, -0.05) is 0 Å². The second kappa shape index (κ2) is 7.55.